The van der Waals surface area contributed by atoms with Gasteiger partial charge in [-0.3, -0.25) is 24.1 Å². The highest BCUT2D eigenvalue weighted by atomic mass is 16.2. The van der Waals surface area contributed by atoms with Crippen LogP contribution in [0.15, 0.2) is 64.6 Å². The Morgan fingerprint density at radius 1 is 1.11 bits per heavy atom. The summed E-state index contributed by atoms with van der Waals surface area (Å²) in [5, 5.41) is 2.98. The fourth-order valence-corrected chi connectivity index (χ4v) is 2.90. The number of benzene rings is 1. The Morgan fingerprint density at radius 2 is 1.81 bits per heavy atom. The number of H-pyrrole nitrogens is 1. The molecule has 0 aliphatic heterocycles. The van der Waals surface area contributed by atoms with Crippen molar-refractivity contribution >= 4 is 5.91 Å². The number of aromatic amines is 1. The van der Waals surface area contributed by atoms with Gasteiger partial charge in [0.1, 0.15) is 6.54 Å². The molecule has 7 nitrogen and oxygen atoms in total. The van der Waals surface area contributed by atoms with E-state index >= 15 is 0 Å². The first-order valence-electron chi connectivity index (χ1n) is 8.51. The number of hydrogen-bond acceptors (Lipinski definition) is 4. The summed E-state index contributed by atoms with van der Waals surface area (Å²) in [6.45, 7) is 3.37. The van der Waals surface area contributed by atoms with E-state index in [-0.39, 0.29) is 18.5 Å². The van der Waals surface area contributed by atoms with Crippen LogP contribution in [0.2, 0.25) is 0 Å². The van der Waals surface area contributed by atoms with E-state index in [9.17, 15) is 14.4 Å². The van der Waals surface area contributed by atoms with Crippen LogP contribution in [-0.4, -0.2) is 20.4 Å². The lowest BCUT2D eigenvalue weighted by molar-refractivity contribution is -0.122. The first kappa shape index (κ1) is 18.3. The summed E-state index contributed by atoms with van der Waals surface area (Å²) in [4.78, 5) is 42.3. The first-order chi connectivity index (χ1) is 13.0. The van der Waals surface area contributed by atoms with Gasteiger partial charge >= 0.3 is 5.69 Å². The van der Waals surface area contributed by atoms with Crippen molar-refractivity contribution in [3.8, 4) is 0 Å². The fourth-order valence-electron chi connectivity index (χ4n) is 2.90. The molecule has 3 rings (SSSR count). The predicted molar refractivity (Wildman–Crippen MR) is 101 cm³/mol. The maximum Gasteiger partial charge on any atom is 0.328 e. The lowest BCUT2D eigenvalue weighted by atomic mass is 9.95. The van der Waals surface area contributed by atoms with Crippen LogP contribution in [-0.2, 0) is 11.3 Å². The van der Waals surface area contributed by atoms with Crippen LogP contribution in [0.5, 0.6) is 0 Å². The van der Waals surface area contributed by atoms with E-state index in [1.165, 1.54) is 10.8 Å². The van der Waals surface area contributed by atoms with Gasteiger partial charge in [0.25, 0.3) is 5.56 Å². The van der Waals surface area contributed by atoms with Crippen LogP contribution < -0.4 is 16.6 Å². The molecule has 0 bridgehead atoms. The zero-order valence-corrected chi connectivity index (χ0v) is 15.1. The summed E-state index contributed by atoms with van der Waals surface area (Å²) in [6, 6.07) is 11.1. The van der Waals surface area contributed by atoms with Gasteiger partial charge in [0.2, 0.25) is 5.91 Å². The topological polar surface area (TPSA) is 96.9 Å². The summed E-state index contributed by atoms with van der Waals surface area (Å²) in [5.74, 6) is -0.339. The Labute approximate surface area is 155 Å². The number of rotatable bonds is 5. The fraction of sp³-hybridized carbons (Fsp3) is 0.200. The average molecular weight is 364 g/mol. The quantitative estimate of drug-likeness (QED) is 0.716. The Hall–Kier alpha value is -3.48. The van der Waals surface area contributed by atoms with E-state index in [0.717, 1.165) is 16.7 Å². The summed E-state index contributed by atoms with van der Waals surface area (Å²) in [6.07, 6.45) is 4.72. The zero-order chi connectivity index (χ0) is 19.4. The average Bonchev–Trinajstić information content (AvgIpc) is 2.65. The van der Waals surface area contributed by atoms with Gasteiger partial charge in [0.15, 0.2) is 0 Å². The third-order valence-electron chi connectivity index (χ3n) is 4.35. The van der Waals surface area contributed by atoms with E-state index < -0.39 is 11.2 Å². The zero-order valence-electron chi connectivity index (χ0n) is 15.1. The standard InChI is InChI=1S/C20H20N4O3/c1-13-5-3-4-6-16(13)18(15-7-9-21-10-8-15)22-17(25)12-24-11-14(2)19(26)23-20(24)27/h3-11,18H,12H2,1-2H3,(H,22,25)(H,23,26,27). The predicted octanol–water partition coefficient (Wildman–Crippen LogP) is 1.45. The van der Waals surface area contributed by atoms with E-state index in [1.807, 2.05) is 43.3 Å². The number of nitrogens with zero attached hydrogens (tertiary/aromatic N) is 2. The van der Waals surface area contributed by atoms with Gasteiger partial charge in [-0.1, -0.05) is 24.3 Å². The molecule has 0 saturated heterocycles. The van der Waals surface area contributed by atoms with Crippen LogP contribution in [0.4, 0.5) is 0 Å². The minimum absolute atomic E-state index is 0.191. The van der Waals surface area contributed by atoms with Crippen LogP contribution in [0.1, 0.15) is 28.3 Å². The highest BCUT2D eigenvalue weighted by molar-refractivity contribution is 5.77. The smallest absolute Gasteiger partial charge is 0.328 e. The molecular formula is C20H20N4O3. The highest BCUT2D eigenvalue weighted by Crippen LogP contribution is 2.24. The maximum absolute atomic E-state index is 12.7. The van der Waals surface area contributed by atoms with Gasteiger partial charge in [-0.15, -0.1) is 0 Å². The van der Waals surface area contributed by atoms with Crippen LogP contribution in [0.25, 0.3) is 0 Å². The number of amides is 1. The molecule has 0 aliphatic rings. The first-order valence-corrected chi connectivity index (χ1v) is 8.51. The highest BCUT2D eigenvalue weighted by Gasteiger charge is 2.19. The van der Waals surface area contributed by atoms with Crippen molar-refractivity contribution in [2.24, 2.45) is 0 Å². The normalized spacial score (nSPS) is 11.8. The lowest BCUT2D eigenvalue weighted by Crippen LogP contribution is -2.38. The molecule has 2 heterocycles. The van der Waals surface area contributed by atoms with Gasteiger partial charge < -0.3 is 5.32 Å². The van der Waals surface area contributed by atoms with E-state index in [1.54, 1.807) is 19.3 Å². The van der Waals surface area contributed by atoms with Gasteiger partial charge in [-0.2, -0.15) is 0 Å². The Balaban J connectivity index is 1.90. The monoisotopic (exact) mass is 364 g/mol. The molecular weight excluding hydrogens is 344 g/mol. The van der Waals surface area contributed by atoms with Crippen molar-refractivity contribution < 1.29 is 4.79 Å². The molecule has 138 valence electrons. The number of pyridine rings is 1. The van der Waals surface area contributed by atoms with Crippen LogP contribution >= 0.6 is 0 Å². The third-order valence-corrected chi connectivity index (χ3v) is 4.35. The largest absolute Gasteiger partial charge is 0.344 e. The van der Waals surface area contributed by atoms with Crippen LogP contribution in [0, 0.1) is 13.8 Å². The van der Waals surface area contributed by atoms with E-state index in [2.05, 4.69) is 15.3 Å². The molecule has 2 aromatic heterocycles. The van der Waals surface area contributed by atoms with Crippen molar-refractivity contribution in [3.05, 3.63) is 98.1 Å². The molecule has 1 amide bonds. The summed E-state index contributed by atoms with van der Waals surface area (Å²) < 4.78 is 1.19. The Bertz CT molecular complexity index is 1070. The van der Waals surface area contributed by atoms with Crippen molar-refractivity contribution in [2.75, 3.05) is 0 Å². The molecule has 0 spiro atoms. The van der Waals surface area contributed by atoms with Gasteiger partial charge in [0, 0.05) is 24.2 Å². The minimum Gasteiger partial charge on any atom is -0.344 e. The Morgan fingerprint density at radius 3 is 2.52 bits per heavy atom. The summed E-state index contributed by atoms with van der Waals surface area (Å²) in [5.41, 5.74) is 2.19. The number of carbonyl (C=O) groups excluding carboxylic acids is 1. The molecule has 1 atom stereocenters. The molecule has 1 aromatic carbocycles. The summed E-state index contributed by atoms with van der Waals surface area (Å²) in [7, 11) is 0. The van der Waals surface area contributed by atoms with Crippen molar-refractivity contribution in [2.45, 2.75) is 26.4 Å². The lowest BCUT2D eigenvalue weighted by Gasteiger charge is -2.21. The SMILES string of the molecule is Cc1ccccc1C(NC(=O)Cn1cc(C)c(=O)[nH]c1=O)c1ccncc1. The maximum atomic E-state index is 12.7. The summed E-state index contributed by atoms with van der Waals surface area (Å²) >= 11 is 0. The molecule has 0 aliphatic carbocycles. The number of nitrogens with one attached hydrogen (secondary N) is 2. The van der Waals surface area contributed by atoms with E-state index in [4.69, 9.17) is 0 Å². The molecule has 27 heavy (non-hydrogen) atoms. The number of aromatic nitrogens is 3. The second-order valence-electron chi connectivity index (χ2n) is 6.34. The minimum atomic E-state index is -0.614. The van der Waals surface area contributed by atoms with Crippen molar-refractivity contribution in [1.82, 2.24) is 19.9 Å². The third kappa shape index (κ3) is 4.20. The van der Waals surface area contributed by atoms with Crippen LogP contribution in [0.3, 0.4) is 0 Å². The molecule has 0 fully saturated rings. The molecule has 2 N–H and O–H groups in total. The van der Waals surface area contributed by atoms with Gasteiger partial charge in [0.05, 0.1) is 6.04 Å². The molecule has 7 heteroatoms. The second kappa shape index (κ2) is 7.82. The number of hydrogen-bond donors (Lipinski definition) is 2. The number of aryl methyl sites for hydroxylation is 2. The molecule has 1 unspecified atom stereocenters. The van der Waals surface area contributed by atoms with Crippen molar-refractivity contribution in [1.29, 1.82) is 0 Å². The molecule has 0 saturated carbocycles. The van der Waals surface area contributed by atoms with E-state index in [0.29, 0.717) is 5.56 Å². The molecule has 3 aromatic rings. The second-order valence-corrected chi connectivity index (χ2v) is 6.34. The van der Waals surface area contributed by atoms with Gasteiger partial charge in [-0.25, -0.2) is 4.79 Å². The van der Waals surface area contributed by atoms with Crippen molar-refractivity contribution in [3.63, 3.8) is 0 Å². The number of carbonyl (C=O) groups is 1. The van der Waals surface area contributed by atoms with Gasteiger partial charge in [-0.05, 0) is 42.7 Å². The molecule has 0 radical (unpaired) electrons. The Kier molecular flexibility index (Phi) is 5.30.